The molecule has 3 rings (SSSR count). The number of ether oxygens (including phenoxy) is 1. The van der Waals surface area contributed by atoms with Gasteiger partial charge in [0.05, 0.1) is 6.26 Å². The van der Waals surface area contributed by atoms with Crippen molar-refractivity contribution in [3.05, 3.63) is 59.9 Å². The average molecular weight is 369 g/mol. The van der Waals surface area contributed by atoms with Crippen LogP contribution in [0.2, 0.25) is 0 Å². The highest BCUT2D eigenvalue weighted by molar-refractivity contribution is 5.94. The summed E-state index contributed by atoms with van der Waals surface area (Å²) in [7, 11) is 0. The van der Waals surface area contributed by atoms with Crippen LogP contribution in [-0.4, -0.2) is 28.1 Å². The van der Waals surface area contributed by atoms with Gasteiger partial charge in [-0.15, -0.1) is 10.2 Å². The number of amides is 1. The van der Waals surface area contributed by atoms with Crippen molar-refractivity contribution in [3.63, 3.8) is 0 Å². The van der Waals surface area contributed by atoms with Gasteiger partial charge in [-0.2, -0.15) is 0 Å². The van der Waals surface area contributed by atoms with Gasteiger partial charge >= 0.3 is 5.97 Å². The number of rotatable bonds is 6. The molecule has 0 aliphatic rings. The van der Waals surface area contributed by atoms with Gasteiger partial charge in [0.15, 0.2) is 11.9 Å². The lowest BCUT2D eigenvalue weighted by molar-refractivity contribution is -0.151. The molecule has 0 fully saturated rings. The molecular weight excluding hydrogens is 350 g/mol. The largest absolute Gasteiger partial charge is 0.459 e. The van der Waals surface area contributed by atoms with Gasteiger partial charge in [-0.25, -0.2) is 4.79 Å². The summed E-state index contributed by atoms with van der Waals surface area (Å²) in [5.41, 5.74) is 1.89. The Bertz CT molecular complexity index is 915. The van der Waals surface area contributed by atoms with Gasteiger partial charge in [0.1, 0.15) is 6.04 Å². The van der Waals surface area contributed by atoms with E-state index < -0.39 is 24.0 Å². The van der Waals surface area contributed by atoms with Gasteiger partial charge in [0.2, 0.25) is 5.89 Å². The second-order valence-corrected chi connectivity index (χ2v) is 6.06. The second kappa shape index (κ2) is 7.86. The number of aromatic nitrogens is 2. The van der Waals surface area contributed by atoms with Crippen molar-refractivity contribution < 1.29 is 23.2 Å². The molecule has 1 aromatic carbocycles. The minimum absolute atomic E-state index is 0.113. The fourth-order valence-corrected chi connectivity index (χ4v) is 2.27. The minimum atomic E-state index is -0.871. The Morgan fingerprint density at radius 1 is 1.11 bits per heavy atom. The zero-order valence-electron chi connectivity index (χ0n) is 15.1. The molecule has 0 saturated carbocycles. The quantitative estimate of drug-likeness (QED) is 0.665. The van der Waals surface area contributed by atoms with E-state index in [9.17, 15) is 9.59 Å². The molecule has 2 aromatic heterocycles. The molecule has 0 aliphatic heterocycles. The molecule has 8 nitrogen and oxygen atoms in total. The Morgan fingerprint density at radius 2 is 1.85 bits per heavy atom. The predicted octanol–water partition coefficient (Wildman–Crippen LogP) is 3.06. The fraction of sp³-hybridized carbons (Fsp3) is 0.263. The minimum Gasteiger partial charge on any atom is -0.459 e. The fourth-order valence-electron chi connectivity index (χ4n) is 2.27. The lowest BCUT2D eigenvalue weighted by atomic mass is 10.1. The Morgan fingerprint density at radius 3 is 2.52 bits per heavy atom. The van der Waals surface area contributed by atoms with Gasteiger partial charge in [0.25, 0.3) is 11.8 Å². The van der Waals surface area contributed by atoms with E-state index in [2.05, 4.69) is 15.5 Å². The Balaban J connectivity index is 1.59. The van der Waals surface area contributed by atoms with Crippen LogP contribution in [0.25, 0.3) is 11.5 Å². The van der Waals surface area contributed by atoms with Crippen LogP contribution in [0.1, 0.15) is 42.0 Å². The first kappa shape index (κ1) is 18.4. The summed E-state index contributed by atoms with van der Waals surface area (Å²) in [6.07, 6.45) is 0.619. The standard InChI is InChI=1S/C19H19N3O5/c1-11-6-8-14(9-7-11)18-22-21-17(27-18)13(3)26-19(24)12(2)20-16(23)15-5-4-10-25-15/h4-10,12-13H,1-3H3,(H,20,23)/t12-,13+/m0/s1. The predicted molar refractivity (Wildman–Crippen MR) is 94.6 cm³/mol. The van der Waals surface area contributed by atoms with E-state index in [0.717, 1.165) is 11.1 Å². The molecular formula is C19H19N3O5. The van der Waals surface area contributed by atoms with Crippen molar-refractivity contribution in [2.75, 3.05) is 0 Å². The first-order chi connectivity index (χ1) is 12.9. The van der Waals surface area contributed by atoms with Crippen molar-refractivity contribution in [1.82, 2.24) is 15.5 Å². The maximum atomic E-state index is 12.2. The van der Waals surface area contributed by atoms with Crippen molar-refractivity contribution in [2.45, 2.75) is 32.9 Å². The molecule has 0 unspecified atom stereocenters. The number of carbonyl (C=O) groups is 2. The van der Waals surface area contributed by atoms with E-state index in [1.807, 2.05) is 31.2 Å². The summed E-state index contributed by atoms with van der Waals surface area (Å²) in [5, 5.41) is 10.4. The number of benzene rings is 1. The van der Waals surface area contributed by atoms with Gasteiger partial charge in [-0.05, 0) is 45.0 Å². The van der Waals surface area contributed by atoms with E-state index in [4.69, 9.17) is 13.6 Å². The van der Waals surface area contributed by atoms with E-state index in [0.29, 0.717) is 5.89 Å². The van der Waals surface area contributed by atoms with Crippen molar-refractivity contribution in [3.8, 4) is 11.5 Å². The maximum Gasteiger partial charge on any atom is 0.329 e. The number of esters is 1. The molecule has 140 valence electrons. The molecule has 27 heavy (non-hydrogen) atoms. The zero-order valence-corrected chi connectivity index (χ0v) is 15.1. The summed E-state index contributed by atoms with van der Waals surface area (Å²) in [5.74, 6) is -0.507. The number of hydrogen-bond donors (Lipinski definition) is 1. The third-order valence-electron chi connectivity index (χ3n) is 3.83. The topological polar surface area (TPSA) is 107 Å². The van der Waals surface area contributed by atoms with Gasteiger partial charge in [-0.3, -0.25) is 4.79 Å². The highest BCUT2D eigenvalue weighted by Gasteiger charge is 2.24. The smallest absolute Gasteiger partial charge is 0.329 e. The molecule has 0 bridgehead atoms. The number of aryl methyl sites for hydroxylation is 1. The Kier molecular flexibility index (Phi) is 5.35. The highest BCUT2D eigenvalue weighted by atomic mass is 16.6. The van der Waals surface area contributed by atoms with Crippen LogP contribution in [0.5, 0.6) is 0 Å². The van der Waals surface area contributed by atoms with Crippen molar-refractivity contribution in [1.29, 1.82) is 0 Å². The van der Waals surface area contributed by atoms with E-state index >= 15 is 0 Å². The highest BCUT2D eigenvalue weighted by Crippen LogP contribution is 2.22. The van der Waals surface area contributed by atoms with Crippen LogP contribution in [0.4, 0.5) is 0 Å². The summed E-state index contributed by atoms with van der Waals surface area (Å²) in [4.78, 5) is 24.1. The number of carbonyl (C=O) groups excluding carboxylic acids is 2. The second-order valence-electron chi connectivity index (χ2n) is 6.06. The molecule has 2 atom stereocenters. The van der Waals surface area contributed by atoms with Gasteiger partial charge in [-0.1, -0.05) is 17.7 Å². The summed E-state index contributed by atoms with van der Waals surface area (Å²) in [6.45, 7) is 5.11. The molecule has 8 heteroatoms. The molecule has 2 heterocycles. The molecule has 0 spiro atoms. The van der Waals surface area contributed by atoms with Crippen LogP contribution in [0.15, 0.2) is 51.5 Å². The maximum absolute atomic E-state index is 12.2. The molecule has 3 aromatic rings. The molecule has 1 amide bonds. The van der Waals surface area contributed by atoms with Crippen LogP contribution >= 0.6 is 0 Å². The number of nitrogens with zero attached hydrogens (tertiary/aromatic N) is 2. The van der Waals surface area contributed by atoms with E-state index in [1.54, 1.807) is 13.0 Å². The third kappa shape index (κ3) is 4.41. The zero-order chi connectivity index (χ0) is 19.4. The summed E-state index contributed by atoms with van der Waals surface area (Å²) in [6, 6.07) is 9.83. The van der Waals surface area contributed by atoms with Gasteiger partial charge < -0.3 is 18.9 Å². The van der Waals surface area contributed by atoms with Crippen LogP contribution in [-0.2, 0) is 9.53 Å². The first-order valence-corrected chi connectivity index (χ1v) is 8.39. The van der Waals surface area contributed by atoms with Crippen molar-refractivity contribution >= 4 is 11.9 Å². The Hall–Kier alpha value is -3.42. The summed E-state index contributed by atoms with van der Waals surface area (Å²) < 4.78 is 15.9. The average Bonchev–Trinajstić information content (AvgIpc) is 3.34. The lowest BCUT2D eigenvalue weighted by Crippen LogP contribution is -2.39. The lowest BCUT2D eigenvalue weighted by Gasteiger charge is -2.15. The van der Waals surface area contributed by atoms with E-state index in [-0.39, 0.29) is 11.7 Å². The number of hydrogen-bond acceptors (Lipinski definition) is 7. The van der Waals surface area contributed by atoms with Crippen molar-refractivity contribution in [2.24, 2.45) is 0 Å². The van der Waals surface area contributed by atoms with Crippen LogP contribution in [0, 0.1) is 6.92 Å². The van der Waals surface area contributed by atoms with E-state index in [1.165, 1.54) is 19.3 Å². The van der Waals surface area contributed by atoms with Crippen LogP contribution < -0.4 is 5.32 Å². The molecule has 1 N–H and O–H groups in total. The number of nitrogens with one attached hydrogen (secondary N) is 1. The Labute approximate surface area is 155 Å². The number of furan rings is 1. The monoisotopic (exact) mass is 369 g/mol. The molecule has 0 aliphatic carbocycles. The van der Waals surface area contributed by atoms with Crippen LogP contribution in [0.3, 0.4) is 0 Å². The third-order valence-corrected chi connectivity index (χ3v) is 3.83. The summed E-state index contributed by atoms with van der Waals surface area (Å²) >= 11 is 0. The normalized spacial score (nSPS) is 13.0. The molecule has 0 radical (unpaired) electrons. The van der Waals surface area contributed by atoms with Gasteiger partial charge in [0, 0.05) is 5.56 Å². The molecule has 0 saturated heterocycles. The SMILES string of the molecule is Cc1ccc(-c2nnc([C@@H](C)OC(=O)[C@H](C)NC(=O)c3ccco3)o2)cc1. The first-order valence-electron chi connectivity index (χ1n) is 8.39.